The van der Waals surface area contributed by atoms with Crippen molar-refractivity contribution in [3.63, 3.8) is 0 Å². The van der Waals surface area contributed by atoms with Crippen LogP contribution in [0.4, 0.5) is 0 Å². The highest BCUT2D eigenvalue weighted by atomic mass is 35.5. The highest BCUT2D eigenvalue weighted by molar-refractivity contribution is 7.97. The minimum absolute atomic E-state index is 0.0726. The fourth-order valence-corrected chi connectivity index (χ4v) is 3.63. The molecule has 1 aromatic rings. The molecule has 1 atom stereocenters. The molecule has 1 aromatic carbocycles. The predicted molar refractivity (Wildman–Crippen MR) is 80.1 cm³/mol. The third kappa shape index (κ3) is 3.57. The summed E-state index contributed by atoms with van der Waals surface area (Å²) in [5, 5.41) is 0. The molecule has 1 aliphatic heterocycles. The molecule has 0 aromatic heterocycles. The summed E-state index contributed by atoms with van der Waals surface area (Å²) < 4.78 is 13.4. The van der Waals surface area contributed by atoms with Gasteiger partial charge in [0.1, 0.15) is 11.9 Å². The first-order valence-electron chi connectivity index (χ1n) is 6.48. The van der Waals surface area contributed by atoms with Crippen LogP contribution in [0.25, 0.3) is 0 Å². The maximum absolute atomic E-state index is 5.73. The van der Waals surface area contributed by atoms with Crippen LogP contribution in [-0.4, -0.2) is 37.5 Å². The lowest BCUT2D eigenvalue weighted by atomic mass is 10.1. The summed E-state index contributed by atoms with van der Waals surface area (Å²) >= 11 is 7.52. The van der Waals surface area contributed by atoms with Gasteiger partial charge in [0.15, 0.2) is 0 Å². The Morgan fingerprint density at radius 2 is 2.21 bits per heavy atom. The van der Waals surface area contributed by atoms with Gasteiger partial charge in [-0.1, -0.05) is 6.07 Å². The van der Waals surface area contributed by atoms with Crippen molar-refractivity contribution in [1.82, 2.24) is 4.31 Å². The summed E-state index contributed by atoms with van der Waals surface area (Å²) in [6.45, 7) is 1.92. The van der Waals surface area contributed by atoms with E-state index in [-0.39, 0.29) is 6.10 Å². The summed E-state index contributed by atoms with van der Waals surface area (Å²) in [5.74, 6) is 1.65. The third-order valence-electron chi connectivity index (χ3n) is 3.24. The van der Waals surface area contributed by atoms with Gasteiger partial charge < -0.3 is 9.47 Å². The molecular formula is C14H20ClNO2S. The van der Waals surface area contributed by atoms with Crippen LogP contribution in [0, 0.1) is 0 Å². The molecule has 0 saturated carbocycles. The van der Waals surface area contributed by atoms with Crippen molar-refractivity contribution in [1.29, 1.82) is 0 Å². The summed E-state index contributed by atoms with van der Waals surface area (Å²) in [6.07, 6.45) is 2.25. The Kier molecular flexibility index (Phi) is 5.82. The average molecular weight is 302 g/mol. The summed E-state index contributed by atoms with van der Waals surface area (Å²) in [5.41, 5.74) is 1.17. The number of methoxy groups -OCH3 is 2. The molecule has 0 amide bonds. The fraction of sp³-hybridized carbons (Fsp3) is 0.571. The fourth-order valence-electron chi connectivity index (χ4n) is 2.26. The van der Waals surface area contributed by atoms with E-state index in [0.717, 1.165) is 37.6 Å². The number of nitrogens with zero attached hydrogens (tertiary/aromatic N) is 1. The van der Waals surface area contributed by atoms with E-state index in [1.165, 1.54) is 10.5 Å². The maximum Gasteiger partial charge on any atom is 0.125 e. The lowest BCUT2D eigenvalue weighted by molar-refractivity contribution is 0.0790. The van der Waals surface area contributed by atoms with Crippen molar-refractivity contribution in [3.8, 4) is 5.75 Å². The first kappa shape index (κ1) is 15.0. The molecule has 3 nitrogen and oxygen atoms in total. The van der Waals surface area contributed by atoms with Crippen LogP contribution >= 0.6 is 23.5 Å². The van der Waals surface area contributed by atoms with Gasteiger partial charge in [0, 0.05) is 36.5 Å². The second-order valence-corrected chi connectivity index (χ2v) is 5.99. The molecule has 1 unspecified atom stereocenters. The van der Waals surface area contributed by atoms with Gasteiger partial charge in [-0.15, -0.1) is 11.6 Å². The van der Waals surface area contributed by atoms with E-state index < -0.39 is 0 Å². The van der Waals surface area contributed by atoms with Gasteiger partial charge in [0.25, 0.3) is 0 Å². The topological polar surface area (TPSA) is 21.7 Å². The minimum atomic E-state index is 0.0726. The normalized spacial score (nSPS) is 19.2. The minimum Gasteiger partial charge on any atom is -0.496 e. The molecule has 2 rings (SSSR count). The van der Waals surface area contributed by atoms with E-state index in [1.54, 1.807) is 26.2 Å². The Balaban J connectivity index is 2.14. The van der Waals surface area contributed by atoms with E-state index in [0.29, 0.717) is 0 Å². The van der Waals surface area contributed by atoms with Crippen LogP contribution in [0.15, 0.2) is 23.1 Å². The van der Waals surface area contributed by atoms with Crippen LogP contribution in [0.5, 0.6) is 5.75 Å². The largest absolute Gasteiger partial charge is 0.496 e. The Morgan fingerprint density at radius 1 is 1.37 bits per heavy atom. The highest BCUT2D eigenvalue weighted by Crippen LogP contribution is 2.42. The van der Waals surface area contributed by atoms with Crippen LogP contribution in [0.2, 0.25) is 0 Å². The molecule has 0 saturated heterocycles. The van der Waals surface area contributed by atoms with Gasteiger partial charge in [-0.3, -0.25) is 0 Å². The predicted octanol–water partition coefficient (Wildman–Crippen LogP) is 3.72. The first-order valence-corrected chi connectivity index (χ1v) is 7.79. The Hall–Kier alpha value is -0.420. The number of alkyl halides is 1. The van der Waals surface area contributed by atoms with E-state index in [1.807, 2.05) is 12.1 Å². The average Bonchev–Trinajstić information content (AvgIpc) is 2.45. The highest BCUT2D eigenvalue weighted by Gasteiger charge is 2.28. The number of fused-ring (bicyclic) bond motifs is 1. The van der Waals surface area contributed by atoms with Crippen molar-refractivity contribution in [2.45, 2.75) is 23.8 Å². The van der Waals surface area contributed by atoms with E-state index in [9.17, 15) is 0 Å². The smallest absolute Gasteiger partial charge is 0.125 e. The Morgan fingerprint density at radius 3 is 2.89 bits per heavy atom. The molecule has 0 spiro atoms. The molecule has 0 fully saturated rings. The van der Waals surface area contributed by atoms with Crippen molar-refractivity contribution in [2.75, 3.05) is 33.2 Å². The summed E-state index contributed by atoms with van der Waals surface area (Å²) in [4.78, 5) is 1.23. The Bertz CT molecular complexity index is 416. The molecule has 0 radical (unpaired) electrons. The quantitative estimate of drug-likeness (QED) is 0.453. The van der Waals surface area contributed by atoms with Crippen LogP contribution in [0.3, 0.4) is 0 Å². The second-order valence-electron chi connectivity index (χ2n) is 4.47. The molecule has 106 valence electrons. The van der Waals surface area contributed by atoms with Crippen LogP contribution in [0.1, 0.15) is 24.5 Å². The standard InChI is InChI=1S/C14H20ClNO2S/c1-17-11-6-5-7-13-14(11)12(18-2)10-16(19-13)9-4-3-8-15/h5-7,12H,3-4,8-10H2,1-2H3. The van der Waals surface area contributed by atoms with Crippen molar-refractivity contribution in [2.24, 2.45) is 0 Å². The van der Waals surface area contributed by atoms with Gasteiger partial charge in [-0.05, 0) is 36.9 Å². The number of ether oxygens (including phenoxy) is 2. The first-order chi connectivity index (χ1) is 9.30. The molecule has 1 aliphatic rings. The van der Waals surface area contributed by atoms with E-state index in [4.69, 9.17) is 21.1 Å². The zero-order valence-electron chi connectivity index (χ0n) is 11.4. The van der Waals surface area contributed by atoms with Gasteiger partial charge in [-0.25, -0.2) is 4.31 Å². The zero-order valence-corrected chi connectivity index (χ0v) is 13.0. The van der Waals surface area contributed by atoms with Crippen LogP contribution < -0.4 is 4.74 Å². The molecule has 0 N–H and O–H groups in total. The maximum atomic E-state index is 5.73. The molecule has 0 bridgehead atoms. The third-order valence-corrected chi connectivity index (χ3v) is 4.65. The number of halogens is 1. The number of hydrogen-bond acceptors (Lipinski definition) is 4. The number of rotatable bonds is 6. The molecule has 1 heterocycles. The SMILES string of the molecule is COc1cccc2c1C(OC)CN(CCCCCl)S2. The van der Waals surface area contributed by atoms with Crippen molar-refractivity contribution >= 4 is 23.5 Å². The van der Waals surface area contributed by atoms with Gasteiger partial charge in [0.2, 0.25) is 0 Å². The number of benzene rings is 1. The molecule has 5 heteroatoms. The van der Waals surface area contributed by atoms with Crippen molar-refractivity contribution < 1.29 is 9.47 Å². The van der Waals surface area contributed by atoms with E-state index in [2.05, 4.69) is 10.4 Å². The number of hydrogen-bond donors (Lipinski definition) is 0. The van der Waals surface area contributed by atoms with E-state index >= 15 is 0 Å². The van der Waals surface area contributed by atoms with Gasteiger partial charge >= 0.3 is 0 Å². The monoisotopic (exact) mass is 301 g/mol. The number of unbranched alkanes of at least 4 members (excludes halogenated alkanes) is 1. The lowest BCUT2D eigenvalue weighted by Gasteiger charge is -2.33. The lowest BCUT2D eigenvalue weighted by Crippen LogP contribution is -2.29. The summed E-state index contributed by atoms with van der Waals surface area (Å²) in [6, 6.07) is 6.15. The van der Waals surface area contributed by atoms with Crippen LogP contribution in [-0.2, 0) is 4.74 Å². The molecule has 0 aliphatic carbocycles. The zero-order chi connectivity index (χ0) is 13.7. The second kappa shape index (κ2) is 7.39. The van der Waals surface area contributed by atoms with Gasteiger partial charge in [0.05, 0.1) is 7.11 Å². The summed E-state index contributed by atoms with van der Waals surface area (Å²) in [7, 11) is 3.47. The Labute approximate surface area is 124 Å². The molecular weight excluding hydrogens is 282 g/mol. The van der Waals surface area contributed by atoms with Gasteiger partial charge in [-0.2, -0.15) is 0 Å². The molecule has 19 heavy (non-hydrogen) atoms. The van der Waals surface area contributed by atoms with Crippen molar-refractivity contribution in [3.05, 3.63) is 23.8 Å².